The lowest BCUT2D eigenvalue weighted by atomic mass is 10.4. The lowest BCUT2D eigenvalue weighted by Gasteiger charge is -1.96. The minimum atomic E-state index is -0.310. The Hall–Kier alpha value is -1.31. The van der Waals surface area contributed by atoms with Gasteiger partial charge >= 0.3 is 5.97 Å². The van der Waals surface area contributed by atoms with Gasteiger partial charge in [0.2, 0.25) is 0 Å². The summed E-state index contributed by atoms with van der Waals surface area (Å²) >= 11 is 0. The smallest absolute Gasteiger partial charge is 0.330 e. The first-order valence-electron chi connectivity index (χ1n) is 3.88. The van der Waals surface area contributed by atoms with Crippen molar-refractivity contribution in [2.45, 2.75) is 13.3 Å². The Labute approximate surface area is 73.2 Å². The van der Waals surface area contributed by atoms with Crippen molar-refractivity contribution in [3.63, 3.8) is 0 Å². The highest BCUT2D eigenvalue weighted by molar-refractivity contribution is 5.82. The predicted octanol–water partition coefficient (Wildman–Crippen LogP) is 2.24. The van der Waals surface area contributed by atoms with E-state index >= 15 is 0 Å². The van der Waals surface area contributed by atoms with Gasteiger partial charge in [-0.05, 0) is 13.3 Å². The highest BCUT2D eigenvalue weighted by atomic mass is 16.5. The number of allylic oxidation sites excluding steroid dienone is 3. The minimum absolute atomic E-state index is 0.310. The second-order valence-corrected chi connectivity index (χ2v) is 2.13. The average Bonchev–Trinajstić information content (AvgIpc) is 2.06. The predicted molar refractivity (Wildman–Crippen MR) is 49.7 cm³/mol. The molecule has 0 aromatic rings. The van der Waals surface area contributed by atoms with Crippen LogP contribution in [0.5, 0.6) is 0 Å². The van der Waals surface area contributed by atoms with Gasteiger partial charge < -0.3 is 4.74 Å². The topological polar surface area (TPSA) is 26.3 Å². The summed E-state index contributed by atoms with van der Waals surface area (Å²) in [4.78, 5) is 10.8. The molecule has 0 amide bonds. The van der Waals surface area contributed by atoms with E-state index in [2.05, 4.69) is 6.58 Å². The molecule has 12 heavy (non-hydrogen) atoms. The summed E-state index contributed by atoms with van der Waals surface area (Å²) in [5.74, 6) is -0.310. The van der Waals surface area contributed by atoms with Crippen LogP contribution in [0.3, 0.4) is 0 Å². The molecule has 0 bridgehead atoms. The van der Waals surface area contributed by atoms with E-state index in [0.717, 1.165) is 0 Å². The summed E-state index contributed by atoms with van der Waals surface area (Å²) < 4.78 is 4.80. The van der Waals surface area contributed by atoms with Gasteiger partial charge in [-0.2, -0.15) is 0 Å². The number of hydrogen-bond acceptors (Lipinski definition) is 2. The zero-order chi connectivity index (χ0) is 9.23. The van der Waals surface area contributed by atoms with Crippen LogP contribution in [-0.2, 0) is 9.53 Å². The molecule has 2 nitrogen and oxygen atoms in total. The van der Waals surface area contributed by atoms with Gasteiger partial charge in [-0.25, -0.2) is 4.79 Å². The lowest BCUT2D eigenvalue weighted by molar-refractivity contribution is -0.137. The fraction of sp³-hybridized carbons (Fsp3) is 0.300. The molecule has 2 heteroatoms. The van der Waals surface area contributed by atoms with E-state index in [1.165, 1.54) is 6.08 Å². The molecular weight excluding hydrogens is 152 g/mol. The maximum atomic E-state index is 10.8. The molecule has 0 aliphatic carbocycles. The Morgan fingerprint density at radius 2 is 2.25 bits per heavy atom. The van der Waals surface area contributed by atoms with Crippen LogP contribution in [0.1, 0.15) is 13.3 Å². The molecule has 0 aromatic carbocycles. The first kappa shape index (κ1) is 10.7. The molecule has 0 fully saturated rings. The lowest BCUT2D eigenvalue weighted by Crippen LogP contribution is -2.00. The van der Waals surface area contributed by atoms with Crippen molar-refractivity contribution in [2.75, 3.05) is 6.61 Å². The van der Waals surface area contributed by atoms with Crippen molar-refractivity contribution in [3.8, 4) is 0 Å². The van der Waals surface area contributed by atoms with Crippen molar-refractivity contribution in [3.05, 3.63) is 37.0 Å². The molecular formula is C10H14O2. The monoisotopic (exact) mass is 166 g/mol. The Bertz CT molecular complexity index is 190. The van der Waals surface area contributed by atoms with Gasteiger partial charge in [-0.15, -0.1) is 6.58 Å². The van der Waals surface area contributed by atoms with Crippen LogP contribution < -0.4 is 0 Å². The minimum Gasteiger partial charge on any atom is -0.462 e. The SMILES string of the molecule is C=CCCOC(=O)C=CC=CC. The summed E-state index contributed by atoms with van der Waals surface area (Å²) in [5.41, 5.74) is 0. The van der Waals surface area contributed by atoms with E-state index in [9.17, 15) is 4.79 Å². The quantitative estimate of drug-likeness (QED) is 0.206. The maximum absolute atomic E-state index is 10.8. The molecule has 0 radical (unpaired) electrons. The van der Waals surface area contributed by atoms with E-state index in [1.54, 1.807) is 18.2 Å². The number of carbonyl (C=O) groups excluding carboxylic acids is 1. The standard InChI is InChI=1S/C10H14O2/c1-3-5-7-8-10(11)12-9-6-4-2/h3-5,7-8H,2,6,9H2,1H3. The Balaban J connectivity index is 3.52. The molecule has 66 valence electrons. The van der Waals surface area contributed by atoms with Gasteiger partial charge in [0.05, 0.1) is 6.61 Å². The molecule has 0 spiro atoms. The molecule has 0 aliphatic heterocycles. The van der Waals surface area contributed by atoms with Crippen molar-refractivity contribution < 1.29 is 9.53 Å². The molecule has 0 atom stereocenters. The highest BCUT2D eigenvalue weighted by Gasteiger charge is 1.92. The van der Waals surface area contributed by atoms with E-state index in [0.29, 0.717) is 13.0 Å². The summed E-state index contributed by atoms with van der Waals surface area (Å²) in [6, 6.07) is 0. The van der Waals surface area contributed by atoms with Crippen molar-refractivity contribution in [1.82, 2.24) is 0 Å². The second kappa shape index (κ2) is 7.79. The van der Waals surface area contributed by atoms with Gasteiger partial charge in [-0.3, -0.25) is 0 Å². The molecule has 0 aromatic heterocycles. The summed E-state index contributed by atoms with van der Waals surface area (Å²) in [7, 11) is 0. The molecule has 0 rings (SSSR count). The van der Waals surface area contributed by atoms with Gasteiger partial charge in [-0.1, -0.05) is 24.3 Å². The van der Waals surface area contributed by atoms with E-state index in [1.807, 2.05) is 13.0 Å². The fourth-order valence-electron chi connectivity index (χ4n) is 0.536. The van der Waals surface area contributed by atoms with Crippen LogP contribution in [0.25, 0.3) is 0 Å². The van der Waals surface area contributed by atoms with E-state index in [-0.39, 0.29) is 5.97 Å². The largest absolute Gasteiger partial charge is 0.462 e. The second-order valence-electron chi connectivity index (χ2n) is 2.13. The molecule has 0 heterocycles. The van der Waals surface area contributed by atoms with Gasteiger partial charge in [0.15, 0.2) is 0 Å². The fourth-order valence-corrected chi connectivity index (χ4v) is 0.536. The third-order valence-corrected chi connectivity index (χ3v) is 1.10. The third kappa shape index (κ3) is 6.81. The number of rotatable bonds is 5. The van der Waals surface area contributed by atoms with E-state index in [4.69, 9.17) is 4.74 Å². The first-order valence-corrected chi connectivity index (χ1v) is 3.88. The number of ether oxygens (including phenoxy) is 1. The first-order chi connectivity index (χ1) is 5.81. The molecule has 0 unspecified atom stereocenters. The van der Waals surface area contributed by atoms with Gasteiger partial charge in [0.25, 0.3) is 0 Å². The molecule has 0 aliphatic rings. The molecule has 0 N–H and O–H groups in total. The zero-order valence-corrected chi connectivity index (χ0v) is 7.32. The maximum Gasteiger partial charge on any atom is 0.330 e. The van der Waals surface area contributed by atoms with Crippen LogP contribution >= 0.6 is 0 Å². The van der Waals surface area contributed by atoms with Crippen LogP contribution in [0.15, 0.2) is 37.0 Å². The van der Waals surface area contributed by atoms with Crippen molar-refractivity contribution >= 4 is 5.97 Å². The van der Waals surface area contributed by atoms with Gasteiger partial charge in [0, 0.05) is 6.08 Å². The van der Waals surface area contributed by atoms with Crippen molar-refractivity contribution in [1.29, 1.82) is 0 Å². The van der Waals surface area contributed by atoms with Gasteiger partial charge in [0.1, 0.15) is 0 Å². The zero-order valence-electron chi connectivity index (χ0n) is 7.32. The third-order valence-electron chi connectivity index (χ3n) is 1.10. The summed E-state index contributed by atoms with van der Waals surface area (Å²) in [6.07, 6.45) is 9.06. The Kier molecular flexibility index (Phi) is 6.94. The van der Waals surface area contributed by atoms with Crippen LogP contribution in [-0.4, -0.2) is 12.6 Å². The Morgan fingerprint density at radius 1 is 1.50 bits per heavy atom. The van der Waals surface area contributed by atoms with Crippen LogP contribution in [0.2, 0.25) is 0 Å². The normalized spacial score (nSPS) is 10.8. The molecule has 0 saturated heterocycles. The van der Waals surface area contributed by atoms with Crippen molar-refractivity contribution in [2.24, 2.45) is 0 Å². The van der Waals surface area contributed by atoms with E-state index < -0.39 is 0 Å². The van der Waals surface area contributed by atoms with Crippen LogP contribution in [0.4, 0.5) is 0 Å². The number of esters is 1. The summed E-state index contributed by atoms with van der Waals surface area (Å²) in [5, 5.41) is 0. The molecule has 0 saturated carbocycles. The number of carbonyl (C=O) groups is 1. The Morgan fingerprint density at radius 3 is 2.83 bits per heavy atom. The summed E-state index contributed by atoms with van der Waals surface area (Å²) in [6.45, 7) is 5.80. The highest BCUT2D eigenvalue weighted by Crippen LogP contribution is 1.86. The number of hydrogen-bond donors (Lipinski definition) is 0. The average molecular weight is 166 g/mol. The van der Waals surface area contributed by atoms with Crippen LogP contribution in [0, 0.1) is 0 Å².